The zero-order valence-corrected chi connectivity index (χ0v) is 20.0. The van der Waals surface area contributed by atoms with E-state index in [0.717, 1.165) is 5.56 Å². The number of rotatable bonds is 6. The Kier molecular flexibility index (Phi) is 6.80. The van der Waals surface area contributed by atoms with Gasteiger partial charge in [0.05, 0.1) is 22.9 Å². The summed E-state index contributed by atoms with van der Waals surface area (Å²) in [6.45, 7) is 5.17. The van der Waals surface area contributed by atoms with Gasteiger partial charge < -0.3 is 15.4 Å². The SMILES string of the molecule is CCOC(=O)c1c(C)nc(N2CCN(S(=O)(=O)c3ccc(N)cc3)CC2)nc1-c1ccccc1. The van der Waals surface area contributed by atoms with Crippen LogP contribution in [0.5, 0.6) is 0 Å². The Bertz CT molecular complexity index is 1270. The number of benzene rings is 2. The highest BCUT2D eigenvalue weighted by atomic mass is 32.2. The normalized spacial score (nSPS) is 14.7. The predicted molar refractivity (Wildman–Crippen MR) is 130 cm³/mol. The monoisotopic (exact) mass is 481 g/mol. The zero-order valence-electron chi connectivity index (χ0n) is 19.1. The van der Waals surface area contributed by atoms with E-state index in [2.05, 4.69) is 4.98 Å². The van der Waals surface area contributed by atoms with Crippen molar-refractivity contribution >= 4 is 27.6 Å². The van der Waals surface area contributed by atoms with Gasteiger partial charge in [-0.3, -0.25) is 0 Å². The Morgan fingerprint density at radius 1 is 1.00 bits per heavy atom. The van der Waals surface area contributed by atoms with Gasteiger partial charge >= 0.3 is 5.97 Å². The average molecular weight is 482 g/mol. The Labute approximate surface area is 199 Å². The van der Waals surface area contributed by atoms with Crippen molar-refractivity contribution in [2.24, 2.45) is 0 Å². The number of nitrogen functional groups attached to an aromatic ring is 1. The molecule has 178 valence electrons. The molecule has 2 heterocycles. The van der Waals surface area contributed by atoms with E-state index in [-0.39, 0.29) is 24.6 Å². The van der Waals surface area contributed by atoms with E-state index in [1.54, 1.807) is 26.0 Å². The second-order valence-electron chi connectivity index (χ2n) is 7.88. The fraction of sp³-hybridized carbons (Fsp3) is 0.292. The summed E-state index contributed by atoms with van der Waals surface area (Å²) in [5.74, 6) is -0.0150. The maximum absolute atomic E-state index is 13.0. The molecular weight excluding hydrogens is 454 g/mol. The maximum Gasteiger partial charge on any atom is 0.342 e. The van der Waals surface area contributed by atoms with Gasteiger partial charge in [0.25, 0.3) is 0 Å². The molecule has 1 fully saturated rings. The van der Waals surface area contributed by atoms with E-state index in [1.165, 1.54) is 16.4 Å². The molecule has 0 aliphatic carbocycles. The number of nitrogens with zero attached hydrogens (tertiary/aromatic N) is 4. The summed E-state index contributed by atoms with van der Waals surface area (Å²) in [7, 11) is -3.62. The number of esters is 1. The summed E-state index contributed by atoms with van der Waals surface area (Å²) in [5, 5.41) is 0. The van der Waals surface area contributed by atoms with Crippen LogP contribution >= 0.6 is 0 Å². The summed E-state index contributed by atoms with van der Waals surface area (Å²) >= 11 is 0. The molecule has 0 saturated carbocycles. The number of ether oxygens (including phenoxy) is 1. The lowest BCUT2D eigenvalue weighted by Gasteiger charge is -2.34. The van der Waals surface area contributed by atoms with Crippen molar-refractivity contribution in [1.29, 1.82) is 0 Å². The number of anilines is 2. The molecule has 2 N–H and O–H groups in total. The number of piperazine rings is 1. The molecule has 0 spiro atoms. The van der Waals surface area contributed by atoms with Gasteiger partial charge in [-0.2, -0.15) is 4.31 Å². The third kappa shape index (κ3) is 4.73. The fourth-order valence-electron chi connectivity index (χ4n) is 3.87. The summed E-state index contributed by atoms with van der Waals surface area (Å²) in [6, 6.07) is 15.6. The summed E-state index contributed by atoms with van der Waals surface area (Å²) in [6.07, 6.45) is 0. The Balaban J connectivity index is 1.60. The number of carbonyl (C=O) groups excluding carboxylic acids is 1. The summed E-state index contributed by atoms with van der Waals surface area (Å²) in [5.41, 5.74) is 8.32. The molecule has 0 unspecified atom stereocenters. The molecule has 0 bridgehead atoms. The summed E-state index contributed by atoms with van der Waals surface area (Å²) in [4.78, 5) is 24.1. The Morgan fingerprint density at radius 3 is 2.26 bits per heavy atom. The van der Waals surface area contributed by atoms with Crippen molar-refractivity contribution in [1.82, 2.24) is 14.3 Å². The van der Waals surface area contributed by atoms with Crippen LogP contribution in [0.3, 0.4) is 0 Å². The minimum atomic E-state index is -3.62. The molecule has 3 aromatic rings. The van der Waals surface area contributed by atoms with Crippen LogP contribution in [0.2, 0.25) is 0 Å². The molecule has 1 saturated heterocycles. The van der Waals surface area contributed by atoms with E-state index in [1.807, 2.05) is 35.2 Å². The van der Waals surface area contributed by atoms with Crippen molar-refractivity contribution in [3.63, 3.8) is 0 Å². The van der Waals surface area contributed by atoms with Crippen LogP contribution in [-0.4, -0.2) is 61.4 Å². The molecule has 10 heteroatoms. The van der Waals surface area contributed by atoms with E-state index in [4.69, 9.17) is 15.5 Å². The van der Waals surface area contributed by atoms with Crippen LogP contribution in [0, 0.1) is 6.92 Å². The molecule has 34 heavy (non-hydrogen) atoms. The quantitative estimate of drug-likeness (QED) is 0.422. The molecule has 1 aliphatic heterocycles. The number of sulfonamides is 1. The standard InChI is InChI=1S/C24H27N5O4S/c1-3-33-23(30)21-17(2)26-24(27-22(21)18-7-5-4-6-8-18)28-13-15-29(16-14-28)34(31,32)20-11-9-19(25)10-12-20/h4-12H,3,13-16,25H2,1-2H3. The van der Waals surface area contributed by atoms with E-state index in [9.17, 15) is 13.2 Å². The first-order valence-corrected chi connectivity index (χ1v) is 12.5. The first-order valence-electron chi connectivity index (χ1n) is 11.0. The highest BCUT2D eigenvalue weighted by Gasteiger charge is 2.30. The second kappa shape index (κ2) is 9.78. The first kappa shape index (κ1) is 23.7. The van der Waals surface area contributed by atoms with Crippen molar-refractivity contribution in [2.45, 2.75) is 18.7 Å². The van der Waals surface area contributed by atoms with Gasteiger partial charge in [0.15, 0.2) is 0 Å². The lowest BCUT2D eigenvalue weighted by molar-refractivity contribution is 0.0525. The van der Waals surface area contributed by atoms with Crippen molar-refractivity contribution < 1.29 is 17.9 Å². The smallest absolute Gasteiger partial charge is 0.342 e. The topological polar surface area (TPSA) is 119 Å². The minimum absolute atomic E-state index is 0.215. The first-order chi connectivity index (χ1) is 16.3. The third-order valence-electron chi connectivity index (χ3n) is 5.64. The molecule has 4 rings (SSSR count). The highest BCUT2D eigenvalue weighted by molar-refractivity contribution is 7.89. The number of aromatic nitrogens is 2. The zero-order chi connectivity index (χ0) is 24.3. The second-order valence-corrected chi connectivity index (χ2v) is 9.82. The van der Waals surface area contributed by atoms with Crippen LogP contribution in [0.1, 0.15) is 23.0 Å². The van der Waals surface area contributed by atoms with Crippen molar-refractivity contribution in [3.8, 4) is 11.3 Å². The van der Waals surface area contributed by atoms with E-state index >= 15 is 0 Å². The van der Waals surface area contributed by atoms with Gasteiger partial charge in [-0.05, 0) is 38.1 Å². The van der Waals surface area contributed by atoms with Crippen LogP contribution in [0.4, 0.5) is 11.6 Å². The number of hydrogen-bond acceptors (Lipinski definition) is 8. The van der Waals surface area contributed by atoms with Crippen molar-refractivity contribution in [2.75, 3.05) is 43.4 Å². The number of hydrogen-bond donors (Lipinski definition) is 1. The Hall–Kier alpha value is -3.50. The largest absolute Gasteiger partial charge is 0.462 e. The number of aryl methyl sites for hydroxylation is 1. The summed E-state index contributed by atoms with van der Waals surface area (Å²) < 4.78 is 32.7. The van der Waals surface area contributed by atoms with Crippen LogP contribution in [-0.2, 0) is 14.8 Å². The minimum Gasteiger partial charge on any atom is -0.462 e. The molecule has 0 atom stereocenters. The third-order valence-corrected chi connectivity index (χ3v) is 7.56. The van der Waals surface area contributed by atoms with Gasteiger partial charge in [-0.15, -0.1) is 0 Å². The lowest BCUT2D eigenvalue weighted by atomic mass is 10.0. The molecule has 2 aromatic carbocycles. The molecule has 0 amide bonds. The molecule has 1 aliphatic rings. The van der Waals surface area contributed by atoms with Gasteiger partial charge in [0.1, 0.15) is 5.56 Å². The van der Waals surface area contributed by atoms with Gasteiger partial charge in [0, 0.05) is 37.4 Å². The fourth-order valence-corrected chi connectivity index (χ4v) is 5.29. The average Bonchev–Trinajstić information content (AvgIpc) is 2.84. The highest BCUT2D eigenvalue weighted by Crippen LogP contribution is 2.28. The Morgan fingerprint density at radius 2 is 1.65 bits per heavy atom. The molecule has 0 radical (unpaired) electrons. The number of nitrogens with two attached hydrogens (primary N) is 1. The van der Waals surface area contributed by atoms with Crippen LogP contribution < -0.4 is 10.6 Å². The van der Waals surface area contributed by atoms with Crippen molar-refractivity contribution in [3.05, 3.63) is 65.9 Å². The van der Waals surface area contributed by atoms with E-state index < -0.39 is 16.0 Å². The maximum atomic E-state index is 13.0. The van der Waals surface area contributed by atoms with E-state index in [0.29, 0.717) is 41.7 Å². The molecular formula is C24H27N5O4S. The van der Waals surface area contributed by atoms with Crippen LogP contribution in [0.25, 0.3) is 11.3 Å². The van der Waals surface area contributed by atoms with Gasteiger partial charge in [0.2, 0.25) is 16.0 Å². The lowest BCUT2D eigenvalue weighted by Crippen LogP contribution is -2.49. The van der Waals surface area contributed by atoms with Crippen LogP contribution in [0.15, 0.2) is 59.5 Å². The molecule has 9 nitrogen and oxygen atoms in total. The molecule has 1 aromatic heterocycles. The number of carbonyl (C=O) groups is 1. The predicted octanol–water partition coefficient (Wildman–Crippen LogP) is 2.72. The van der Waals surface area contributed by atoms with Gasteiger partial charge in [-0.25, -0.2) is 23.2 Å². The van der Waals surface area contributed by atoms with Gasteiger partial charge in [-0.1, -0.05) is 30.3 Å².